The number of para-hydroxylation sites is 1. The second kappa shape index (κ2) is 8.97. The minimum Gasteiger partial charge on any atom is -0.465 e. The monoisotopic (exact) mass is 387 g/mol. The molecule has 0 aliphatic carbocycles. The van der Waals surface area contributed by atoms with Crippen LogP contribution in [0.1, 0.15) is 44.7 Å². The molecule has 0 aromatic heterocycles. The first-order valence-corrected chi connectivity index (χ1v) is 9.19. The lowest BCUT2D eigenvalue weighted by atomic mass is 9.95. The normalized spacial score (nSPS) is 11.4. The zero-order chi connectivity index (χ0) is 20.8. The van der Waals surface area contributed by atoms with Gasteiger partial charge < -0.3 is 10.1 Å². The molecule has 0 saturated carbocycles. The average molecular weight is 387 g/mol. The highest BCUT2D eigenvalue weighted by Gasteiger charge is 2.20. The van der Waals surface area contributed by atoms with Gasteiger partial charge in [-0.25, -0.2) is 4.79 Å². The van der Waals surface area contributed by atoms with E-state index < -0.39 is 11.9 Å². The van der Waals surface area contributed by atoms with E-state index in [9.17, 15) is 14.4 Å². The maximum Gasteiger partial charge on any atom is 0.339 e. The average Bonchev–Trinajstić information content (AvgIpc) is 2.78. The summed E-state index contributed by atoms with van der Waals surface area (Å²) in [5, 5.41) is 2.78. The van der Waals surface area contributed by atoms with Crippen LogP contribution in [0.25, 0.3) is 0 Å². The lowest BCUT2D eigenvalue weighted by Crippen LogP contribution is -2.21. The molecule has 0 aliphatic rings. The molecule has 1 amide bonds. The van der Waals surface area contributed by atoms with Crippen molar-refractivity contribution in [2.24, 2.45) is 0 Å². The number of ether oxygens (including phenoxy) is 1. The number of benzene rings is 3. The highest BCUT2D eigenvalue weighted by atomic mass is 16.5. The van der Waals surface area contributed by atoms with E-state index in [1.807, 2.05) is 18.2 Å². The van der Waals surface area contributed by atoms with Gasteiger partial charge in [-0.1, -0.05) is 60.7 Å². The molecule has 5 heteroatoms. The van der Waals surface area contributed by atoms with Crippen molar-refractivity contribution in [3.63, 3.8) is 0 Å². The van der Waals surface area contributed by atoms with Gasteiger partial charge in [0.25, 0.3) is 0 Å². The summed E-state index contributed by atoms with van der Waals surface area (Å²) in [6, 6.07) is 22.7. The first-order chi connectivity index (χ1) is 14.0. The number of methoxy groups -OCH3 is 1. The second-order valence-corrected chi connectivity index (χ2v) is 6.57. The summed E-state index contributed by atoms with van der Waals surface area (Å²) in [6.07, 6.45) is 0. The molecule has 146 valence electrons. The molecule has 0 saturated heterocycles. The Morgan fingerprint density at radius 3 is 2.21 bits per heavy atom. The van der Waals surface area contributed by atoms with Crippen LogP contribution >= 0.6 is 0 Å². The first kappa shape index (κ1) is 20.0. The smallest absolute Gasteiger partial charge is 0.339 e. The largest absolute Gasteiger partial charge is 0.465 e. The third kappa shape index (κ3) is 4.58. The summed E-state index contributed by atoms with van der Waals surface area (Å²) in [7, 11) is 1.29. The van der Waals surface area contributed by atoms with Crippen LogP contribution < -0.4 is 5.32 Å². The molecule has 3 rings (SSSR count). The zero-order valence-corrected chi connectivity index (χ0v) is 16.2. The summed E-state index contributed by atoms with van der Waals surface area (Å²) in [5.74, 6) is -1.44. The maximum absolute atomic E-state index is 12.8. The van der Waals surface area contributed by atoms with E-state index in [2.05, 4.69) is 5.32 Å². The van der Waals surface area contributed by atoms with Crippen LogP contribution in [0.5, 0.6) is 0 Å². The molecule has 5 nitrogen and oxygen atoms in total. The topological polar surface area (TPSA) is 72.5 Å². The van der Waals surface area contributed by atoms with E-state index in [4.69, 9.17) is 4.74 Å². The lowest BCUT2D eigenvalue weighted by molar-refractivity contribution is -0.117. The van der Waals surface area contributed by atoms with Crippen molar-refractivity contribution >= 4 is 23.3 Å². The number of anilines is 1. The number of amides is 1. The van der Waals surface area contributed by atoms with Crippen LogP contribution in [0, 0.1) is 0 Å². The highest BCUT2D eigenvalue weighted by molar-refractivity contribution is 6.09. The van der Waals surface area contributed by atoms with Gasteiger partial charge in [-0.05, 0) is 30.7 Å². The molecule has 3 aromatic rings. The quantitative estimate of drug-likeness (QED) is 0.501. The molecule has 0 radical (unpaired) electrons. The Bertz CT molecular complexity index is 1040. The molecule has 0 spiro atoms. The van der Waals surface area contributed by atoms with Crippen LogP contribution in [0.15, 0.2) is 78.9 Å². The Balaban J connectivity index is 1.81. The van der Waals surface area contributed by atoms with Crippen LogP contribution in [-0.2, 0) is 9.53 Å². The highest BCUT2D eigenvalue weighted by Crippen LogP contribution is 2.22. The summed E-state index contributed by atoms with van der Waals surface area (Å²) in [4.78, 5) is 37.4. The van der Waals surface area contributed by atoms with Crippen molar-refractivity contribution in [1.82, 2.24) is 0 Å². The summed E-state index contributed by atoms with van der Waals surface area (Å²) in [6.45, 7) is 1.75. The van der Waals surface area contributed by atoms with E-state index in [1.54, 1.807) is 67.6 Å². The SMILES string of the molecule is COC(=O)c1ccccc1NC(=O)[C@H](C)c1cccc(C(=O)c2ccccc2)c1. The van der Waals surface area contributed by atoms with Crippen LogP contribution in [-0.4, -0.2) is 24.8 Å². The fourth-order valence-electron chi connectivity index (χ4n) is 2.98. The van der Waals surface area contributed by atoms with E-state index in [0.29, 0.717) is 22.4 Å². The zero-order valence-electron chi connectivity index (χ0n) is 16.2. The van der Waals surface area contributed by atoms with Gasteiger partial charge in [0.15, 0.2) is 5.78 Å². The lowest BCUT2D eigenvalue weighted by Gasteiger charge is -2.15. The van der Waals surface area contributed by atoms with E-state index in [1.165, 1.54) is 7.11 Å². The standard InChI is InChI=1S/C24H21NO4/c1-16(23(27)25-21-14-7-6-13-20(21)24(28)29-2)18-11-8-12-19(15-18)22(26)17-9-4-3-5-10-17/h3-16H,1-2H3,(H,25,27)/t16-/m1/s1. The van der Waals surface area contributed by atoms with E-state index in [-0.39, 0.29) is 17.3 Å². The fraction of sp³-hybridized carbons (Fsp3) is 0.125. The maximum atomic E-state index is 12.8. The van der Waals surface area contributed by atoms with Gasteiger partial charge in [-0.2, -0.15) is 0 Å². The van der Waals surface area contributed by atoms with Crippen molar-refractivity contribution in [3.05, 3.63) is 101 Å². The Kier molecular flexibility index (Phi) is 6.19. The third-order valence-corrected chi connectivity index (χ3v) is 4.67. The second-order valence-electron chi connectivity index (χ2n) is 6.57. The van der Waals surface area contributed by atoms with Crippen molar-refractivity contribution < 1.29 is 19.1 Å². The number of esters is 1. The van der Waals surface area contributed by atoms with Gasteiger partial charge >= 0.3 is 5.97 Å². The molecule has 1 atom stereocenters. The fourth-order valence-corrected chi connectivity index (χ4v) is 2.98. The molecule has 0 bridgehead atoms. The Labute approximate surface area is 169 Å². The number of rotatable bonds is 6. The predicted octanol–water partition coefficient (Wildman–Crippen LogP) is 4.45. The van der Waals surface area contributed by atoms with Crippen molar-refractivity contribution in [1.29, 1.82) is 0 Å². The van der Waals surface area contributed by atoms with E-state index in [0.717, 1.165) is 0 Å². The Morgan fingerprint density at radius 2 is 1.48 bits per heavy atom. The van der Waals surface area contributed by atoms with Crippen molar-refractivity contribution in [2.45, 2.75) is 12.8 Å². The number of carbonyl (C=O) groups excluding carboxylic acids is 3. The van der Waals surface area contributed by atoms with Gasteiger partial charge in [-0.3, -0.25) is 9.59 Å². The van der Waals surface area contributed by atoms with Gasteiger partial charge in [0, 0.05) is 11.1 Å². The predicted molar refractivity (Wildman–Crippen MR) is 111 cm³/mol. The van der Waals surface area contributed by atoms with Gasteiger partial charge in [0.05, 0.1) is 24.3 Å². The minimum absolute atomic E-state index is 0.101. The number of hydrogen-bond donors (Lipinski definition) is 1. The Morgan fingerprint density at radius 1 is 0.828 bits per heavy atom. The molecule has 3 aromatic carbocycles. The van der Waals surface area contributed by atoms with Crippen LogP contribution in [0.2, 0.25) is 0 Å². The molecule has 0 aliphatic heterocycles. The summed E-state index contributed by atoms with van der Waals surface area (Å²) in [5.41, 5.74) is 2.48. The summed E-state index contributed by atoms with van der Waals surface area (Å²) >= 11 is 0. The van der Waals surface area contributed by atoms with Crippen LogP contribution in [0.3, 0.4) is 0 Å². The number of ketones is 1. The van der Waals surface area contributed by atoms with E-state index >= 15 is 0 Å². The van der Waals surface area contributed by atoms with Gasteiger partial charge in [0.1, 0.15) is 0 Å². The molecule has 29 heavy (non-hydrogen) atoms. The molecule has 0 heterocycles. The van der Waals surface area contributed by atoms with Gasteiger partial charge in [-0.15, -0.1) is 0 Å². The van der Waals surface area contributed by atoms with Crippen molar-refractivity contribution in [3.8, 4) is 0 Å². The molecule has 0 unspecified atom stereocenters. The first-order valence-electron chi connectivity index (χ1n) is 9.19. The number of nitrogens with one attached hydrogen (secondary N) is 1. The molecule has 1 N–H and O–H groups in total. The third-order valence-electron chi connectivity index (χ3n) is 4.67. The molecular weight excluding hydrogens is 366 g/mol. The molecule has 0 fully saturated rings. The molecular formula is C24H21NO4. The van der Waals surface area contributed by atoms with Crippen LogP contribution in [0.4, 0.5) is 5.69 Å². The minimum atomic E-state index is -0.524. The van der Waals surface area contributed by atoms with Crippen molar-refractivity contribution in [2.75, 3.05) is 12.4 Å². The summed E-state index contributed by atoms with van der Waals surface area (Å²) < 4.78 is 4.76. The number of carbonyl (C=O) groups is 3. The Hall–Kier alpha value is -3.73. The number of hydrogen-bond acceptors (Lipinski definition) is 4. The van der Waals surface area contributed by atoms with Gasteiger partial charge in [0.2, 0.25) is 5.91 Å².